The van der Waals surface area contributed by atoms with Crippen molar-refractivity contribution in [2.24, 2.45) is 7.05 Å². The van der Waals surface area contributed by atoms with E-state index in [1.165, 1.54) is 16.4 Å². The number of sulfonamides is 1. The van der Waals surface area contributed by atoms with E-state index in [0.29, 0.717) is 0 Å². The van der Waals surface area contributed by atoms with Crippen LogP contribution < -0.4 is 0 Å². The lowest BCUT2D eigenvalue weighted by Gasteiger charge is -2.31. The van der Waals surface area contributed by atoms with E-state index in [-0.39, 0.29) is 24.6 Å². The maximum Gasteiger partial charge on any atom is 0.244 e. The molecule has 2 aromatic rings. The quantitative estimate of drug-likeness (QED) is 0.830. The van der Waals surface area contributed by atoms with Crippen LogP contribution >= 0.6 is 0 Å². The number of rotatable bonds is 3. The molecule has 0 N–H and O–H groups in total. The number of aryl methyl sites for hydroxylation is 1. The van der Waals surface area contributed by atoms with Gasteiger partial charge in [-0.15, -0.1) is 0 Å². The molecule has 1 aliphatic rings. The molecule has 2 heterocycles. The minimum atomic E-state index is -4.00. The van der Waals surface area contributed by atoms with Gasteiger partial charge in [0, 0.05) is 31.9 Å². The standard InChI is InChI=1S/C15H15FN4O3S/c1-19-9-11(8-18-19)14-10-20(5-6-23-14)24(21,22)15-4-2-3-13(16)12(15)7-17/h2-4,8-9,14H,5-6,10H2,1H3/t14-/m0/s1. The normalized spacial score (nSPS) is 19.1. The first-order valence-electron chi connectivity index (χ1n) is 7.22. The molecule has 7 nitrogen and oxygen atoms in total. The molecule has 9 heteroatoms. The van der Waals surface area contributed by atoms with Gasteiger partial charge in [0.2, 0.25) is 10.0 Å². The van der Waals surface area contributed by atoms with Gasteiger partial charge in [0.05, 0.1) is 18.9 Å². The molecule has 1 saturated heterocycles. The van der Waals surface area contributed by atoms with Crippen LogP contribution in [0.5, 0.6) is 0 Å². The van der Waals surface area contributed by atoms with Crippen LogP contribution in [0.2, 0.25) is 0 Å². The van der Waals surface area contributed by atoms with Crippen LogP contribution in [-0.2, 0) is 21.8 Å². The molecule has 1 aliphatic heterocycles. The lowest BCUT2D eigenvalue weighted by molar-refractivity contribution is -0.00260. The molecule has 0 bridgehead atoms. The molecular formula is C15H15FN4O3S. The lowest BCUT2D eigenvalue weighted by atomic mass is 10.2. The maximum absolute atomic E-state index is 13.8. The Labute approximate surface area is 138 Å². The molecule has 0 aliphatic carbocycles. The molecule has 1 atom stereocenters. The van der Waals surface area contributed by atoms with Crippen LogP contribution in [0.25, 0.3) is 0 Å². The van der Waals surface area contributed by atoms with Gasteiger partial charge < -0.3 is 4.74 Å². The molecule has 0 radical (unpaired) electrons. The summed E-state index contributed by atoms with van der Waals surface area (Å²) in [4.78, 5) is -0.322. The highest BCUT2D eigenvalue weighted by atomic mass is 32.2. The van der Waals surface area contributed by atoms with Gasteiger partial charge in [0.1, 0.15) is 22.3 Å². The molecule has 24 heavy (non-hydrogen) atoms. The Morgan fingerprint density at radius 3 is 2.92 bits per heavy atom. The molecule has 0 saturated carbocycles. The van der Waals surface area contributed by atoms with Crippen LogP contribution in [0.3, 0.4) is 0 Å². The number of hydrogen-bond donors (Lipinski definition) is 0. The molecule has 0 spiro atoms. The summed E-state index contributed by atoms with van der Waals surface area (Å²) in [5.41, 5.74) is 0.291. The van der Waals surface area contributed by atoms with Crippen molar-refractivity contribution in [1.82, 2.24) is 14.1 Å². The average molecular weight is 350 g/mol. The lowest BCUT2D eigenvalue weighted by Crippen LogP contribution is -2.42. The number of morpholine rings is 1. The van der Waals surface area contributed by atoms with Gasteiger partial charge in [-0.05, 0) is 12.1 Å². The summed E-state index contributed by atoms with van der Waals surface area (Å²) < 4.78 is 47.9. The fourth-order valence-corrected chi connectivity index (χ4v) is 4.20. The number of hydrogen-bond acceptors (Lipinski definition) is 5. The highest BCUT2D eigenvalue weighted by molar-refractivity contribution is 7.89. The zero-order valence-electron chi connectivity index (χ0n) is 12.9. The topological polar surface area (TPSA) is 88.2 Å². The molecule has 1 aromatic heterocycles. The number of nitrogens with zero attached hydrogens (tertiary/aromatic N) is 4. The van der Waals surface area contributed by atoms with Crippen LogP contribution in [0.1, 0.15) is 17.2 Å². The summed E-state index contributed by atoms with van der Waals surface area (Å²) >= 11 is 0. The van der Waals surface area contributed by atoms with E-state index in [0.717, 1.165) is 11.6 Å². The number of halogens is 1. The van der Waals surface area contributed by atoms with Crippen molar-refractivity contribution < 1.29 is 17.5 Å². The van der Waals surface area contributed by atoms with Crippen molar-refractivity contribution in [3.8, 4) is 6.07 Å². The number of benzene rings is 1. The van der Waals surface area contributed by atoms with Crippen molar-refractivity contribution in [2.45, 2.75) is 11.0 Å². The third kappa shape index (κ3) is 2.91. The van der Waals surface area contributed by atoms with Crippen molar-refractivity contribution in [1.29, 1.82) is 5.26 Å². The largest absolute Gasteiger partial charge is 0.371 e. The Balaban J connectivity index is 1.93. The van der Waals surface area contributed by atoms with Crippen molar-refractivity contribution >= 4 is 10.0 Å². The number of nitriles is 1. The molecule has 1 aromatic carbocycles. The van der Waals surface area contributed by atoms with Crippen molar-refractivity contribution in [3.05, 3.63) is 47.5 Å². The summed E-state index contributed by atoms with van der Waals surface area (Å²) in [6.07, 6.45) is 2.91. The van der Waals surface area contributed by atoms with Crippen LogP contribution in [0, 0.1) is 17.1 Å². The van der Waals surface area contributed by atoms with Crippen LogP contribution in [0.15, 0.2) is 35.5 Å². The molecular weight excluding hydrogens is 335 g/mol. The fourth-order valence-electron chi connectivity index (χ4n) is 2.62. The van der Waals surface area contributed by atoms with E-state index in [1.807, 2.05) is 0 Å². The van der Waals surface area contributed by atoms with E-state index in [2.05, 4.69) is 5.10 Å². The van der Waals surface area contributed by atoms with E-state index < -0.39 is 27.5 Å². The average Bonchev–Trinajstić information content (AvgIpc) is 3.01. The van der Waals surface area contributed by atoms with Gasteiger partial charge >= 0.3 is 0 Å². The summed E-state index contributed by atoms with van der Waals surface area (Å²) in [7, 11) is -2.24. The van der Waals surface area contributed by atoms with E-state index in [9.17, 15) is 12.8 Å². The number of aromatic nitrogens is 2. The number of ether oxygens (including phenoxy) is 1. The van der Waals surface area contributed by atoms with Gasteiger partial charge in [0.15, 0.2) is 0 Å². The Hall–Kier alpha value is -2.28. The Kier molecular flexibility index (Phi) is 4.36. The van der Waals surface area contributed by atoms with Gasteiger partial charge in [-0.2, -0.15) is 14.7 Å². The van der Waals surface area contributed by atoms with Gasteiger partial charge in [-0.3, -0.25) is 4.68 Å². The third-order valence-electron chi connectivity index (χ3n) is 3.83. The minimum Gasteiger partial charge on any atom is -0.371 e. The highest BCUT2D eigenvalue weighted by Gasteiger charge is 2.34. The van der Waals surface area contributed by atoms with Gasteiger partial charge in [0.25, 0.3) is 0 Å². The molecule has 0 amide bonds. The first-order chi connectivity index (χ1) is 11.4. The third-order valence-corrected chi connectivity index (χ3v) is 5.74. The summed E-state index contributed by atoms with van der Waals surface area (Å²) in [6.45, 7) is 0.422. The second-order valence-corrected chi connectivity index (χ2v) is 7.30. The van der Waals surface area contributed by atoms with Crippen molar-refractivity contribution in [3.63, 3.8) is 0 Å². The molecule has 3 rings (SSSR count). The van der Waals surface area contributed by atoms with Crippen LogP contribution in [-0.4, -0.2) is 42.2 Å². The second-order valence-electron chi connectivity index (χ2n) is 5.39. The predicted octanol–water partition coefficient (Wildman–Crippen LogP) is 1.19. The summed E-state index contributed by atoms with van der Waals surface area (Å²) in [6, 6.07) is 5.22. The minimum absolute atomic E-state index is 0.0788. The summed E-state index contributed by atoms with van der Waals surface area (Å²) in [5, 5.41) is 13.1. The van der Waals surface area contributed by atoms with E-state index in [4.69, 9.17) is 10.00 Å². The Morgan fingerprint density at radius 1 is 1.46 bits per heavy atom. The van der Waals surface area contributed by atoms with E-state index >= 15 is 0 Å². The fraction of sp³-hybridized carbons (Fsp3) is 0.333. The molecule has 126 valence electrons. The first-order valence-corrected chi connectivity index (χ1v) is 8.66. The van der Waals surface area contributed by atoms with Gasteiger partial charge in [-0.1, -0.05) is 6.07 Å². The zero-order chi connectivity index (χ0) is 17.3. The maximum atomic E-state index is 13.8. The van der Waals surface area contributed by atoms with Gasteiger partial charge in [-0.25, -0.2) is 12.8 Å². The van der Waals surface area contributed by atoms with Crippen molar-refractivity contribution in [2.75, 3.05) is 19.7 Å². The second kappa shape index (κ2) is 6.32. The van der Waals surface area contributed by atoms with Crippen LogP contribution in [0.4, 0.5) is 4.39 Å². The zero-order valence-corrected chi connectivity index (χ0v) is 13.7. The SMILES string of the molecule is Cn1cc([C@@H]2CN(S(=O)(=O)c3cccc(F)c3C#N)CCO2)cn1. The summed E-state index contributed by atoms with van der Waals surface area (Å²) in [5.74, 6) is -0.851. The monoisotopic (exact) mass is 350 g/mol. The Bertz CT molecular complexity index is 904. The Morgan fingerprint density at radius 2 is 2.25 bits per heavy atom. The predicted molar refractivity (Wildman–Crippen MR) is 81.8 cm³/mol. The van der Waals surface area contributed by atoms with E-state index in [1.54, 1.807) is 30.2 Å². The highest BCUT2D eigenvalue weighted by Crippen LogP contribution is 2.28. The smallest absolute Gasteiger partial charge is 0.244 e. The first kappa shape index (κ1) is 16.6. The molecule has 1 fully saturated rings. The molecule has 0 unspecified atom stereocenters.